The van der Waals surface area contributed by atoms with Crippen LogP contribution in [-0.2, 0) is 28.8 Å². The maximum atomic E-state index is 13.4. The highest BCUT2D eigenvalue weighted by Crippen LogP contribution is 2.69. The second kappa shape index (κ2) is 6.03. The number of amides is 4. The zero-order valence-electron chi connectivity index (χ0n) is 20.8. The van der Waals surface area contributed by atoms with Crippen LogP contribution >= 0.6 is 0 Å². The molecule has 2 heterocycles. The number of hydrogen-bond donors (Lipinski definition) is 0. The lowest BCUT2D eigenvalue weighted by Gasteiger charge is -2.30. The first-order valence-electron chi connectivity index (χ1n) is 12.7. The molecular weight excluding hydrogens is 460 g/mol. The van der Waals surface area contributed by atoms with Gasteiger partial charge in [-0.15, -0.1) is 0 Å². The van der Waals surface area contributed by atoms with Gasteiger partial charge in [0.25, 0.3) is 0 Å². The molecule has 4 bridgehead atoms. The molecule has 8 nitrogen and oxygen atoms in total. The van der Waals surface area contributed by atoms with Crippen LogP contribution in [0.15, 0.2) is 24.3 Å². The summed E-state index contributed by atoms with van der Waals surface area (Å²) in [5.41, 5.74) is -1.89. The molecule has 186 valence electrons. The molecule has 0 radical (unpaired) electrons. The Balaban J connectivity index is 1.21. The van der Waals surface area contributed by atoms with Gasteiger partial charge in [-0.25, -0.2) is 0 Å². The summed E-state index contributed by atoms with van der Waals surface area (Å²) in [6.45, 7) is 7.48. The van der Waals surface area contributed by atoms with Crippen LogP contribution in [0, 0.1) is 45.3 Å². The Bertz CT molecular complexity index is 1260. The van der Waals surface area contributed by atoms with Crippen LogP contribution in [0.1, 0.15) is 53.4 Å². The number of Topliss-reactive ketones (excluding diaryl/α,β-unsaturated/α-hetero) is 2. The summed E-state index contributed by atoms with van der Waals surface area (Å²) in [5, 5.41) is 0. The maximum Gasteiger partial charge on any atom is 0.238 e. The van der Waals surface area contributed by atoms with Crippen LogP contribution < -0.4 is 9.80 Å². The van der Waals surface area contributed by atoms with Gasteiger partial charge >= 0.3 is 0 Å². The fourth-order valence-electron chi connectivity index (χ4n) is 9.43. The Labute approximate surface area is 208 Å². The van der Waals surface area contributed by atoms with E-state index < -0.39 is 45.3 Å². The van der Waals surface area contributed by atoms with Crippen LogP contribution in [-0.4, -0.2) is 35.2 Å². The van der Waals surface area contributed by atoms with E-state index in [0.29, 0.717) is 37.1 Å². The predicted octanol–water partition coefficient (Wildman–Crippen LogP) is 2.68. The minimum atomic E-state index is -0.809. The summed E-state index contributed by atoms with van der Waals surface area (Å²) in [5.74, 6) is -3.48. The number of anilines is 2. The summed E-state index contributed by atoms with van der Waals surface area (Å²) >= 11 is 0. The van der Waals surface area contributed by atoms with Crippen LogP contribution in [0.2, 0.25) is 0 Å². The van der Waals surface area contributed by atoms with Gasteiger partial charge in [0, 0.05) is 23.7 Å². The van der Waals surface area contributed by atoms with Crippen molar-refractivity contribution in [2.75, 3.05) is 9.80 Å². The van der Waals surface area contributed by atoms with Crippen molar-refractivity contribution in [3.63, 3.8) is 0 Å². The number of carbonyl (C=O) groups is 6. The third-order valence-electron chi connectivity index (χ3n) is 10.8. The predicted molar refractivity (Wildman–Crippen MR) is 126 cm³/mol. The van der Waals surface area contributed by atoms with Gasteiger partial charge in [-0.2, -0.15) is 0 Å². The van der Waals surface area contributed by atoms with Gasteiger partial charge < -0.3 is 0 Å². The number of carbonyl (C=O) groups excluding carboxylic acids is 6. The van der Waals surface area contributed by atoms with E-state index in [1.807, 2.05) is 27.7 Å². The van der Waals surface area contributed by atoms with Gasteiger partial charge in [0.15, 0.2) is 0 Å². The molecule has 2 aliphatic heterocycles. The fraction of sp³-hybridized carbons (Fsp3) is 0.571. The molecule has 1 aromatic rings. The Morgan fingerprint density at radius 3 is 1.19 bits per heavy atom. The molecule has 0 unspecified atom stereocenters. The lowest BCUT2D eigenvalue weighted by Crippen LogP contribution is -2.40. The van der Waals surface area contributed by atoms with E-state index in [9.17, 15) is 28.8 Å². The van der Waals surface area contributed by atoms with Crippen molar-refractivity contribution in [1.82, 2.24) is 0 Å². The van der Waals surface area contributed by atoms with Crippen LogP contribution in [0.3, 0.4) is 0 Å². The molecule has 36 heavy (non-hydrogen) atoms. The molecule has 4 saturated carbocycles. The van der Waals surface area contributed by atoms with Gasteiger partial charge in [0.05, 0.1) is 35.0 Å². The van der Waals surface area contributed by atoms with Crippen LogP contribution in [0.5, 0.6) is 0 Å². The highest BCUT2D eigenvalue weighted by atomic mass is 16.2. The minimum absolute atomic E-state index is 0.0519. The summed E-state index contributed by atoms with van der Waals surface area (Å²) in [6.07, 6.45) is 1.75. The van der Waals surface area contributed by atoms with E-state index in [1.165, 1.54) is 9.80 Å². The van der Waals surface area contributed by atoms with Crippen molar-refractivity contribution in [1.29, 1.82) is 0 Å². The number of imide groups is 2. The first-order chi connectivity index (χ1) is 16.8. The molecule has 0 aromatic heterocycles. The third-order valence-corrected chi connectivity index (χ3v) is 10.8. The van der Waals surface area contributed by atoms with Crippen molar-refractivity contribution in [3.8, 4) is 0 Å². The number of fused-ring (bicyclic) bond motifs is 10. The van der Waals surface area contributed by atoms with Gasteiger partial charge in [-0.05, 0) is 47.9 Å². The van der Waals surface area contributed by atoms with Crippen molar-refractivity contribution in [3.05, 3.63) is 24.3 Å². The Morgan fingerprint density at radius 2 is 0.861 bits per heavy atom. The zero-order valence-corrected chi connectivity index (χ0v) is 20.8. The van der Waals surface area contributed by atoms with Gasteiger partial charge in [-0.3, -0.25) is 38.6 Å². The largest absolute Gasteiger partial charge is 0.299 e. The van der Waals surface area contributed by atoms with Gasteiger partial charge in [0.1, 0.15) is 11.6 Å². The van der Waals surface area contributed by atoms with Crippen molar-refractivity contribution in [2.24, 2.45) is 45.3 Å². The van der Waals surface area contributed by atoms with Crippen molar-refractivity contribution >= 4 is 46.6 Å². The van der Waals surface area contributed by atoms with Crippen molar-refractivity contribution in [2.45, 2.75) is 53.4 Å². The third kappa shape index (κ3) is 2.16. The molecule has 0 N–H and O–H groups in total. The fourth-order valence-corrected chi connectivity index (χ4v) is 9.43. The number of benzene rings is 1. The normalized spacial score (nSPS) is 46.6. The highest BCUT2D eigenvalue weighted by Gasteiger charge is 2.75. The average Bonchev–Trinajstić information content (AvgIpc) is 3.50. The molecule has 4 aliphatic carbocycles. The summed E-state index contributed by atoms with van der Waals surface area (Å²) in [4.78, 5) is 81.5. The number of ketones is 2. The maximum absolute atomic E-state index is 13.4. The van der Waals surface area contributed by atoms with Crippen LogP contribution in [0.4, 0.5) is 11.4 Å². The van der Waals surface area contributed by atoms with E-state index in [1.54, 1.807) is 24.3 Å². The van der Waals surface area contributed by atoms with E-state index in [2.05, 4.69) is 0 Å². The molecule has 8 atom stereocenters. The first-order valence-corrected chi connectivity index (χ1v) is 12.7. The zero-order chi connectivity index (χ0) is 25.7. The SMILES string of the molecule is C[C@@]12CC(=O)[C@@](C)(C1)[C@@H]1C(=O)N(c3ccc(N4C(=O)[C@@H]5[C@H](C4=O)[C@@]4(C)C[C@@]5(C)CC4=O)cc3)C(=O)[C@H]12. The molecule has 4 amide bonds. The molecule has 0 spiro atoms. The Kier molecular flexibility index (Phi) is 3.70. The highest BCUT2D eigenvalue weighted by molar-refractivity contribution is 6.26. The summed E-state index contributed by atoms with van der Waals surface area (Å²) < 4.78 is 0. The van der Waals surface area contributed by atoms with E-state index >= 15 is 0 Å². The standard InChI is InChI=1S/C28H28N2O6/c1-25-9-15(31)27(3,11-25)19-17(25)21(33)29(23(19)35)13-5-7-14(8-6-13)30-22(34)18-20(24(30)36)28(4)12-26(18,2)10-16(28)32/h5-8,17-20H,9-12H2,1-4H3/t17-,18-,19-,20+,25+,26+,27+,28-/m0/s1. The lowest BCUT2D eigenvalue weighted by molar-refractivity contribution is -0.138. The second-order valence-electron chi connectivity index (χ2n) is 13.1. The second-order valence-corrected chi connectivity index (χ2v) is 13.1. The molecule has 6 fully saturated rings. The lowest BCUT2D eigenvalue weighted by atomic mass is 9.68. The molecule has 7 rings (SSSR count). The average molecular weight is 489 g/mol. The Morgan fingerprint density at radius 1 is 0.556 bits per heavy atom. The quantitative estimate of drug-likeness (QED) is 0.592. The van der Waals surface area contributed by atoms with Crippen LogP contribution in [0.25, 0.3) is 0 Å². The first kappa shape index (κ1) is 22.1. The minimum Gasteiger partial charge on any atom is -0.299 e. The van der Waals surface area contributed by atoms with Crippen molar-refractivity contribution < 1.29 is 28.8 Å². The molecule has 2 saturated heterocycles. The number of nitrogens with zero attached hydrogens (tertiary/aromatic N) is 2. The molecule has 1 aromatic carbocycles. The Hall–Kier alpha value is -3.16. The number of hydrogen-bond acceptors (Lipinski definition) is 6. The monoisotopic (exact) mass is 488 g/mol. The smallest absolute Gasteiger partial charge is 0.238 e. The topological polar surface area (TPSA) is 109 Å². The molecular formula is C28H28N2O6. The summed E-state index contributed by atoms with van der Waals surface area (Å²) in [7, 11) is 0. The molecule has 6 aliphatic rings. The van der Waals surface area contributed by atoms with Gasteiger partial charge in [-0.1, -0.05) is 27.7 Å². The van der Waals surface area contributed by atoms with E-state index in [-0.39, 0.29) is 35.2 Å². The summed E-state index contributed by atoms with van der Waals surface area (Å²) in [6, 6.07) is 6.33. The van der Waals surface area contributed by atoms with Gasteiger partial charge in [0.2, 0.25) is 23.6 Å². The van der Waals surface area contributed by atoms with E-state index in [4.69, 9.17) is 0 Å². The molecule has 8 heteroatoms. The number of rotatable bonds is 2. The van der Waals surface area contributed by atoms with E-state index in [0.717, 1.165) is 0 Å².